The highest BCUT2D eigenvalue weighted by Crippen LogP contribution is 2.64. The Hall–Kier alpha value is -1.64. The van der Waals surface area contributed by atoms with Gasteiger partial charge in [-0.05, 0) is 116 Å². The monoisotopic (exact) mass is 548 g/mol. The Labute approximate surface area is 249 Å². The highest BCUT2D eigenvalue weighted by atomic mass is 15.4. The molecular weight excluding hydrogens is 496 g/mol. The first-order valence-electron chi connectivity index (χ1n) is 17.8. The number of hydrogen-bond donors (Lipinski definition) is 0. The average molecular weight is 549 g/mol. The Morgan fingerprint density at radius 1 is 0.512 bits per heavy atom. The number of hydrogen-bond acceptors (Lipinski definition) is 2. The van der Waals surface area contributed by atoms with Gasteiger partial charge < -0.3 is 0 Å². The van der Waals surface area contributed by atoms with Crippen molar-refractivity contribution in [1.29, 1.82) is 0 Å². The molecule has 2 heteroatoms. The van der Waals surface area contributed by atoms with E-state index in [1.165, 1.54) is 77.0 Å². The number of fused-ring (bicyclic) bond motifs is 7. The van der Waals surface area contributed by atoms with Crippen LogP contribution in [0.15, 0.2) is 60.7 Å². The summed E-state index contributed by atoms with van der Waals surface area (Å²) >= 11 is 0. The lowest BCUT2D eigenvalue weighted by Crippen LogP contribution is -2.78. The summed E-state index contributed by atoms with van der Waals surface area (Å²) in [6.07, 6.45) is 17.4. The van der Waals surface area contributed by atoms with Crippen molar-refractivity contribution in [2.75, 3.05) is 0 Å². The number of piperazine rings is 1. The van der Waals surface area contributed by atoms with Crippen molar-refractivity contribution in [3.63, 3.8) is 0 Å². The van der Waals surface area contributed by atoms with E-state index >= 15 is 0 Å². The van der Waals surface area contributed by atoms with Crippen LogP contribution in [0.2, 0.25) is 0 Å². The van der Waals surface area contributed by atoms with Crippen LogP contribution >= 0.6 is 0 Å². The molecule has 0 radical (unpaired) electrons. The first kappa shape index (κ1) is 25.8. The zero-order valence-corrected chi connectivity index (χ0v) is 25.6. The summed E-state index contributed by atoms with van der Waals surface area (Å²) in [5, 5.41) is 0. The van der Waals surface area contributed by atoms with Crippen molar-refractivity contribution in [1.82, 2.24) is 9.80 Å². The summed E-state index contributed by atoms with van der Waals surface area (Å²) < 4.78 is 0. The summed E-state index contributed by atoms with van der Waals surface area (Å²) in [5.41, 5.74) is 3.68. The van der Waals surface area contributed by atoms with Gasteiger partial charge in [-0.3, -0.25) is 9.80 Å². The molecule has 7 aliphatic rings. The first-order chi connectivity index (χ1) is 20.1. The van der Waals surface area contributed by atoms with E-state index in [0.29, 0.717) is 5.41 Å². The predicted octanol–water partition coefficient (Wildman–Crippen LogP) is 8.64. The quantitative estimate of drug-likeness (QED) is 0.371. The molecule has 2 nitrogen and oxygen atoms in total. The van der Waals surface area contributed by atoms with Crippen LogP contribution in [0.25, 0.3) is 0 Å². The molecule has 218 valence electrons. The first-order valence-corrected chi connectivity index (χ1v) is 17.8. The topological polar surface area (TPSA) is 6.48 Å². The molecular formula is C39H52N2. The second kappa shape index (κ2) is 9.68. The van der Waals surface area contributed by atoms with Crippen molar-refractivity contribution >= 4 is 0 Å². The third kappa shape index (κ3) is 3.75. The van der Waals surface area contributed by atoms with Crippen LogP contribution in [0.5, 0.6) is 0 Å². The van der Waals surface area contributed by atoms with Crippen LogP contribution in [-0.2, 0) is 0 Å². The molecule has 41 heavy (non-hydrogen) atoms. The summed E-state index contributed by atoms with van der Waals surface area (Å²) in [5.74, 6) is 5.15. The highest BCUT2D eigenvalue weighted by molar-refractivity contribution is 5.27. The van der Waals surface area contributed by atoms with Crippen LogP contribution in [0.1, 0.15) is 114 Å². The van der Waals surface area contributed by atoms with Crippen LogP contribution < -0.4 is 0 Å². The Balaban J connectivity index is 1.08. The SMILES string of the molecule is CC1(C)C2CC(c3ccccc3)CCC2N2C3CCCC4C5CC(c6ccccc6)CCC5N(C5CCCC1C52)C43. The Kier molecular flexibility index (Phi) is 6.10. The molecule has 0 amide bonds. The van der Waals surface area contributed by atoms with Crippen molar-refractivity contribution in [3.8, 4) is 0 Å². The third-order valence-corrected chi connectivity index (χ3v) is 14.6. The van der Waals surface area contributed by atoms with E-state index in [4.69, 9.17) is 0 Å². The second-order valence-electron chi connectivity index (χ2n) is 16.2. The van der Waals surface area contributed by atoms with Gasteiger partial charge in [-0.25, -0.2) is 0 Å². The van der Waals surface area contributed by atoms with Crippen molar-refractivity contribution < 1.29 is 0 Å². The van der Waals surface area contributed by atoms with Gasteiger partial charge in [0.05, 0.1) is 0 Å². The molecule has 0 bridgehead atoms. The van der Waals surface area contributed by atoms with Crippen molar-refractivity contribution in [3.05, 3.63) is 71.8 Å². The molecule has 0 aromatic heterocycles. The molecule has 3 aliphatic heterocycles. The lowest BCUT2D eigenvalue weighted by Gasteiger charge is -2.70. The standard InChI is InChI=1S/C39H52N2/c1-39(2)31-16-10-18-36-38(31)41(34-22-20-28(24-32(34)39)26-13-7-4-8-14-26)35-17-9-15-29-30-23-27(25-11-5-3-6-12-25)19-21-33(30)40(36)37(29)35/h3-8,11-14,27-38H,9-10,15-24H2,1-2H3. The third-order valence-electron chi connectivity index (χ3n) is 14.6. The lowest BCUT2D eigenvalue weighted by atomic mass is 9.51. The van der Waals surface area contributed by atoms with Crippen molar-refractivity contribution in [2.45, 2.75) is 139 Å². The largest absolute Gasteiger partial charge is 0.291 e. The minimum absolute atomic E-state index is 0.447. The Bertz CT molecular complexity index is 1240. The van der Waals surface area contributed by atoms with Crippen LogP contribution in [0.4, 0.5) is 0 Å². The van der Waals surface area contributed by atoms with Gasteiger partial charge in [-0.2, -0.15) is 0 Å². The van der Waals surface area contributed by atoms with Crippen LogP contribution in [0.3, 0.4) is 0 Å². The summed E-state index contributed by atoms with van der Waals surface area (Å²) in [6.45, 7) is 5.46. The zero-order chi connectivity index (χ0) is 27.3. The van der Waals surface area contributed by atoms with Gasteiger partial charge in [0, 0.05) is 36.3 Å². The number of piperidine rings is 1. The van der Waals surface area contributed by atoms with Gasteiger partial charge >= 0.3 is 0 Å². The smallest absolute Gasteiger partial charge is 0.0291 e. The number of nitrogens with zero attached hydrogens (tertiary/aromatic N) is 2. The number of rotatable bonds is 2. The van der Waals surface area contributed by atoms with Gasteiger partial charge in [0.15, 0.2) is 0 Å². The molecule has 0 spiro atoms. The molecule has 2 aromatic rings. The maximum Gasteiger partial charge on any atom is 0.0291 e. The Morgan fingerprint density at radius 2 is 1.10 bits per heavy atom. The van der Waals surface area contributed by atoms with E-state index in [0.717, 1.165) is 71.8 Å². The second-order valence-corrected chi connectivity index (χ2v) is 16.2. The van der Waals surface area contributed by atoms with Crippen LogP contribution in [-0.4, -0.2) is 46.1 Å². The van der Waals surface area contributed by atoms with Gasteiger partial charge in [-0.1, -0.05) is 87.4 Å². The minimum atomic E-state index is 0.447. The molecule has 2 aromatic carbocycles. The number of benzene rings is 2. The molecule has 7 fully saturated rings. The molecule has 3 saturated heterocycles. The Morgan fingerprint density at radius 3 is 1.80 bits per heavy atom. The van der Waals surface area contributed by atoms with Gasteiger partial charge in [0.25, 0.3) is 0 Å². The predicted molar refractivity (Wildman–Crippen MR) is 168 cm³/mol. The molecule has 3 heterocycles. The van der Waals surface area contributed by atoms with E-state index in [2.05, 4.69) is 84.3 Å². The lowest BCUT2D eigenvalue weighted by molar-refractivity contribution is -0.209. The fourth-order valence-corrected chi connectivity index (χ4v) is 13.1. The molecule has 0 N–H and O–H groups in total. The molecule has 9 rings (SSSR count). The highest BCUT2D eigenvalue weighted by Gasteiger charge is 2.67. The fraction of sp³-hybridized carbons (Fsp3) is 0.692. The van der Waals surface area contributed by atoms with E-state index < -0.39 is 0 Å². The molecule has 4 saturated carbocycles. The maximum absolute atomic E-state index is 3.34. The van der Waals surface area contributed by atoms with E-state index in [-0.39, 0.29) is 0 Å². The van der Waals surface area contributed by atoms with Gasteiger partial charge in [-0.15, -0.1) is 0 Å². The summed E-state index contributed by atoms with van der Waals surface area (Å²) in [4.78, 5) is 6.64. The molecule has 12 unspecified atom stereocenters. The van der Waals surface area contributed by atoms with E-state index in [9.17, 15) is 0 Å². The van der Waals surface area contributed by atoms with Gasteiger partial charge in [0.1, 0.15) is 0 Å². The normalized spacial score (nSPS) is 46.6. The molecule has 12 atom stereocenters. The summed E-state index contributed by atoms with van der Waals surface area (Å²) in [6, 6.07) is 28.2. The zero-order valence-electron chi connectivity index (χ0n) is 25.6. The average Bonchev–Trinajstić information content (AvgIpc) is 3.36. The van der Waals surface area contributed by atoms with E-state index in [1.807, 2.05) is 0 Å². The van der Waals surface area contributed by atoms with E-state index in [1.54, 1.807) is 11.1 Å². The van der Waals surface area contributed by atoms with Crippen LogP contribution in [0, 0.1) is 29.1 Å². The molecule has 4 aliphatic carbocycles. The van der Waals surface area contributed by atoms with Crippen molar-refractivity contribution in [2.24, 2.45) is 29.1 Å². The summed E-state index contributed by atoms with van der Waals surface area (Å²) in [7, 11) is 0. The minimum Gasteiger partial charge on any atom is -0.291 e. The fourth-order valence-electron chi connectivity index (χ4n) is 13.1. The maximum atomic E-state index is 3.34. The van der Waals surface area contributed by atoms with Gasteiger partial charge in [0.2, 0.25) is 0 Å².